The number of hydrogen-bond acceptors (Lipinski definition) is 24. The molecule has 9 aromatic rings. The van der Waals surface area contributed by atoms with E-state index in [4.69, 9.17) is 82.6 Å². The molecule has 0 atom stereocenters. The quantitative estimate of drug-likeness (QED) is 0.0231. The van der Waals surface area contributed by atoms with Crippen molar-refractivity contribution < 1.29 is 44.3 Å². The fraction of sp³-hybridized carbons (Fsp3) is 0.227. The third-order valence-corrected chi connectivity index (χ3v) is 21.3. The topological polar surface area (TPSA) is 384 Å². The fourth-order valence-corrected chi connectivity index (χ4v) is 12.7. The maximum atomic E-state index is 12.7. The molecule has 0 spiro atoms. The molecule has 3 aromatic heterocycles. The minimum atomic E-state index is -3.54. The Labute approximate surface area is 589 Å². The van der Waals surface area contributed by atoms with Crippen LogP contribution in [0.1, 0.15) is 58.2 Å². The Morgan fingerprint density at radius 1 is 0.469 bits per heavy atom. The second-order valence-corrected chi connectivity index (χ2v) is 30.4. The van der Waals surface area contributed by atoms with Crippen LogP contribution in [0, 0.1) is 22.7 Å². The number of sulfone groups is 3. The van der Waals surface area contributed by atoms with Gasteiger partial charge in [0, 0.05) is 0 Å². The number of methoxy groups -OCH3 is 3. The molecule has 0 aliphatic heterocycles. The molecule has 1 amide bonds. The number of halogens is 4. The number of aromatic nitrogens is 6. The summed E-state index contributed by atoms with van der Waals surface area (Å²) in [4.78, 5) is 36.6. The average molecular weight is 1470 g/mol. The smallest absolute Gasteiger partial charge is 0.229 e. The molecule has 98 heavy (non-hydrogen) atoms. The highest BCUT2D eigenvalue weighted by Gasteiger charge is 2.26. The third-order valence-electron chi connectivity index (χ3n) is 13.7. The summed E-state index contributed by atoms with van der Waals surface area (Å²) in [7, 11) is -5.89. The Bertz CT molecular complexity index is 4760. The SMILES string of the molecule is CC(C)S(=O)(=O)c1ccccc1Nc1nc(Cl)ncc1Cl.COc1ccc(CC#N)cc1N.COc1ccc(CC#N)cc1Nc1ncc(Cl)c(Nc2ccccc2S(=O)(=O)C(C)C)n1.COc1ccc(CC(N)=O)cc1Nc1ncc(Cl)c(Nc2ccccc2S(=O)(=O)C(C)C)n1. The number of primary amides is 1. The lowest BCUT2D eigenvalue weighted by Crippen LogP contribution is -2.15. The predicted molar refractivity (Wildman–Crippen MR) is 384 cm³/mol. The lowest BCUT2D eigenvalue weighted by molar-refractivity contribution is -0.117. The van der Waals surface area contributed by atoms with E-state index in [0.717, 1.165) is 11.1 Å². The summed E-state index contributed by atoms with van der Waals surface area (Å²) in [6, 6.07) is 39.6. The van der Waals surface area contributed by atoms with Crippen molar-refractivity contribution >= 4 is 145 Å². The number of nitrogens with zero attached hydrogens (tertiary/aromatic N) is 8. The van der Waals surface area contributed by atoms with Crippen LogP contribution in [-0.2, 0) is 53.6 Å². The van der Waals surface area contributed by atoms with Crippen LogP contribution in [0.3, 0.4) is 0 Å². The monoisotopic (exact) mass is 1470 g/mol. The van der Waals surface area contributed by atoms with Gasteiger partial charge in [0.25, 0.3) is 0 Å². The van der Waals surface area contributed by atoms with Crippen LogP contribution in [0.2, 0.25) is 20.4 Å². The van der Waals surface area contributed by atoms with Gasteiger partial charge in [0.1, 0.15) is 32.3 Å². The Hall–Kier alpha value is -9.78. The number of hydrogen-bond donors (Lipinski definition) is 7. The predicted octanol–water partition coefficient (Wildman–Crippen LogP) is 13.8. The number of nitrogen functional groups attached to an aromatic ring is 1. The molecule has 32 heteroatoms. The number of nitrogens with two attached hydrogens (primary N) is 2. The molecule has 0 saturated carbocycles. The van der Waals surface area contributed by atoms with Crippen LogP contribution in [0.15, 0.2) is 161 Å². The van der Waals surface area contributed by atoms with Gasteiger partial charge >= 0.3 is 0 Å². The van der Waals surface area contributed by atoms with Crippen LogP contribution in [0.5, 0.6) is 17.2 Å². The number of benzene rings is 6. The van der Waals surface area contributed by atoms with E-state index < -0.39 is 51.2 Å². The van der Waals surface area contributed by atoms with Gasteiger partial charge in [0.15, 0.2) is 47.0 Å². The molecule has 9 N–H and O–H groups in total. The Morgan fingerprint density at radius 2 is 0.806 bits per heavy atom. The Balaban J connectivity index is 0.000000218. The number of nitrogens with one attached hydrogen (secondary N) is 5. The van der Waals surface area contributed by atoms with Crippen molar-refractivity contribution in [2.24, 2.45) is 5.73 Å². The first-order valence-corrected chi connectivity index (χ1v) is 35.5. The van der Waals surface area contributed by atoms with Gasteiger partial charge in [-0.05, 0) is 143 Å². The number of carbonyl (C=O) groups excluding carboxylic acids is 1. The van der Waals surface area contributed by atoms with Gasteiger partial charge in [-0.1, -0.05) is 89.4 Å². The van der Waals surface area contributed by atoms with Crippen molar-refractivity contribution in [3.63, 3.8) is 0 Å². The lowest BCUT2D eigenvalue weighted by atomic mass is 10.1. The zero-order valence-corrected chi connectivity index (χ0v) is 59.7. The van der Waals surface area contributed by atoms with Crippen LogP contribution in [0.4, 0.5) is 63.5 Å². The molecule has 0 radical (unpaired) electrons. The lowest BCUT2D eigenvalue weighted by Gasteiger charge is -2.16. The van der Waals surface area contributed by atoms with Gasteiger partial charge in [-0.15, -0.1) is 0 Å². The molecule has 514 valence electrons. The molecule has 3 heterocycles. The Kier molecular flexibility index (Phi) is 27.9. The molecule has 25 nitrogen and oxygen atoms in total. The summed E-state index contributed by atoms with van der Waals surface area (Å²) in [5.41, 5.74) is 16.1. The maximum absolute atomic E-state index is 12.7. The number of para-hydroxylation sites is 3. The van der Waals surface area contributed by atoms with Gasteiger partial charge in [-0.2, -0.15) is 25.5 Å². The van der Waals surface area contributed by atoms with Crippen molar-refractivity contribution in [3.05, 3.63) is 183 Å². The van der Waals surface area contributed by atoms with Crippen molar-refractivity contribution in [2.45, 2.75) is 91.2 Å². The fourth-order valence-electron chi connectivity index (χ4n) is 8.51. The van der Waals surface area contributed by atoms with Gasteiger partial charge < -0.3 is 52.3 Å². The molecule has 0 saturated heterocycles. The molecule has 0 bridgehead atoms. The molecule has 0 unspecified atom stereocenters. The summed E-state index contributed by atoms with van der Waals surface area (Å²) in [6.45, 7) is 9.73. The second-order valence-electron chi connectivity index (χ2n) is 21.5. The molecule has 9 rings (SSSR count). The minimum Gasteiger partial charge on any atom is -0.495 e. The van der Waals surface area contributed by atoms with E-state index in [-0.39, 0.29) is 77.2 Å². The molecule has 0 aliphatic rings. The van der Waals surface area contributed by atoms with E-state index >= 15 is 0 Å². The largest absolute Gasteiger partial charge is 0.495 e. The van der Waals surface area contributed by atoms with Crippen LogP contribution < -0.4 is 52.3 Å². The van der Waals surface area contributed by atoms with Crippen LogP contribution in [0.25, 0.3) is 0 Å². The highest BCUT2D eigenvalue weighted by molar-refractivity contribution is 7.92. The van der Waals surface area contributed by atoms with Crippen LogP contribution in [-0.4, -0.2) is 98.1 Å². The summed E-state index contributed by atoms with van der Waals surface area (Å²) >= 11 is 24.3. The summed E-state index contributed by atoms with van der Waals surface area (Å²) in [6.07, 6.45) is 4.83. The molecular weight excluding hydrogens is 1400 g/mol. The molecular formula is C66H69Cl4N15O10S3. The normalized spacial score (nSPS) is 11.0. The summed E-state index contributed by atoms with van der Waals surface area (Å²) in [5, 5.41) is 31.3. The van der Waals surface area contributed by atoms with Gasteiger partial charge in [-0.25, -0.2) is 40.2 Å². The van der Waals surface area contributed by atoms with Gasteiger partial charge in [0.05, 0.1) is 136 Å². The summed E-state index contributed by atoms with van der Waals surface area (Å²) < 4.78 is 91.4. The van der Waals surface area contributed by atoms with Crippen molar-refractivity contribution in [3.8, 4) is 29.4 Å². The first kappa shape index (κ1) is 77.2. The van der Waals surface area contributed by atoms with E-state index in [1.54, 1.807) is 152 Å². The highest BCUT2D eigenvalue weighted by Crippen LogP contribution is 2.36. The number of ether oxygens (including phenoxy) is 3. The van der Waals surface area contributed by atoms with E-state index in [2.05, 4.69) is 68.6 Å². The number of amides is 1. The molecule has 0 aliphatic carbocycles. The van der Waals surface area contributed by atoms with Crippen molar-refractivity contribution in [1.82, 2.24) is 29.9 Å². The van der Waals surface area contributed by atoms with Gasteiger partial charge in [0.2, 0.25) is 23.1 Å². The average Bonchev–Trinajstić information content (AvgIpc) is 0.814. The third kappa shape index (κ3) is 20.9. The minimum absolute atomic E-state index is 0.0195. The Morgan fingerprint density at radius 3 is 1.16 bits per heavy atom. The first-order valence-electron chi connectivity index (χ1n) is 29.3. The zero-order valence-electron chi connectivity index (χ0n) is 54.3. The number of anilines is 11. The van der Waals surface area contributed by atoms with E-state index in [1.807, 2.05) is 6.07 Å². The van der Waals surface area contributed by atoms with E-state index in [9.17, 15) is 30.0 Å². The van der Waals surface area contributed by atoms with Crippen LogP contribution >= 0.6 is 46.4 Å². The van der Waals surface area contributed by atoms with Gasteiger partial charge in [-0.3, -0.25) is 4.79 Å². The number of carbonyl (C=O) groups is 1. The maximum Gasteiger partial charge on any atom is 0.229 e. The number of rotatable bonds is 23. The highest BCUT2D eigenvalue weighted by atomic mass is 35.5. The van der Waals surface area contributed by atoms with Crippen molar-refractivity contribution in [1.29, 1.82) is 10.5 Å². The van der Waals surface area contributed by atoms with E-state index in [1.165, 1.54) is 51.0 Å². The number of nitriles is 2. The molecule has 6 aromatic carbocycles. The van der Waals surface area contributed by atoms with E-state index in [0.29, 0.717) is 63.4 Å². The zero-order chi connectivity index (χ0) is 72.1. The molecule has 0 fully saturated rings. The van der Waals surface area contributed by atoms with Crippen molar-refractivity contribution in [2.75, 3.05) is 53.6 Å². The standard InChI is InChI=1S/C22H24ClN5O4S.C22H22ClN5O3S.C13H13Cl2N3O2S.C9H10N2O/c1-13(2)33(30,31)19-7-5-4-6-16(19)26-21-15(23)12-25-22(28-21)27-17-10-14(11-20(24)29)8-9-18(17)32-3;1-14(2)32(29,30)20-7-5-4-6-17(20)26-21-16(23)13-25-22(28-21)27-18-12-15(10-11-24)8-9-19(18)31-3;1-8(2)21(19,20)11-6-4-3-5-10(11)17-12-9(14)7-16-13(15)18-12;1-12-9-3-2-7(4-5-10)6-8(9)11/h4-10,12-13H,11H2,1-3H3,(H2,24,29)(H2,25,26,27,28);4-9,12-14H,10H2,1-3H3,(H2,25,26,27,28);3-8H,1-2H3,(H,16,17,18);2-3,6H,4,11H2,1H3. The second kappa shape index (κ2) is 35.5. The summed E-state index contributed by atoms with van der Waals surface area (Å²) in [5.74, 6) is 2.34. The first-order chi connectivity index (χ1) is 46.5.